The second-order valence-electron chi connectivity index (χ2n) is 8.03. The van der Waals surface area contributed by atoms with Gasteiger partial charge in [-0.2, -0.15) is 0 Å². The third kappa shape index (κ3) is 4.47. The fraction of sp³-hybridized carbons (Fsp3) is 0.500. The van der Waals surface area contributed by atoms with Crippen molar-refractivity contribution in [3.8, 4) is 5.75 Å². The van der Waals surface area contributed by atoms with Gasteiger partial charge in [0.15, 0.2) is 0 Å². The topological polar surface area (TPSA) is 33.3 Å². The van der Waals surface area contributed by atoms with E-state index in [4.69, 9.17) is 4.74 Å². The first-order chi connectivity index (χ1) is 13.3. The highest BCUT2D eigenvalue weighted by molar-refractivity contribution is 5.49. The van der Waals surface area contributed by atoms with E-state index in [0.717, 1.165) is 24.8 Å². The second kappa shape index (κ2) is 8.79. The van der Waals surface area contributed by atoms with E-state index >= 15 is 0 Å². The number of nitrogens with one attached hydrogen (secondary N) is 2. The molecule has 1 atom stereocenters. The van der Waals surface area contributed by atoms with Gasteiger partial charge in [0, 0.05) is 23.8 Å². The van der Waals surface area contributed by atoms with Gasteiger partial charge in [-0.3, -0.25) is 0 Å². The van der Waals surface area contributed by atoms with Crippen LogP contribution in [0.1, 0.15) is 73.6 Å². The summed E-state index contributed by atoms with van der Waals surface area (Å²) in [4.78, 5) is 0. The predicted molar refractivity (Wildman–Crippen MR) is 113 cm³/mol. The molecular weight excluding hydrogens is 332 g/mol. The molecule has 2 N–H and O–H groups in total. The van der Waals surface area contributed by atoms with Crippen molar-refractivity contribution in [2.24, 2.45) is 0 Å². The third-order valence-electron chi connectivity index (χ3n) is 6.21. The number of ether oxygens (including phenoxy) is 1. The lowest BCUT2D eigenvalue weighted by atomic mass is 9.95. The summed E-state index contributed by atoms with van der Waals surface area (Å²) in [5.74, 6) is 1.71. The van der Waals surface area contributed by atoms with Crippen LogP contribution in [0, 0.1) is 0 Å². The number of methoxy groups -OCH3 is 1. The molecule has 0 spiro atoms. The maximum atomic E-state index is 5.62. The minimum Gasteiger partial charge on any atom is -0.496 e. The minimum absolute atomic E-state index is 0.501. The quantitative estimate of drug-likeness (QED) is 0.682. The van der Waals surface area contributed by atoms with Crippen molar-refractivity contribution in [1.29, 1.82) is 0 Å². The molecule has 144 valence electrons. The zero-order valence-corrected chi connectivity index (χ0v) is 16.5. The van der Waals surface area contributed by atoms with Crippen molar-refractivity contribution in [2.45, 2.75) is 63.5 Å². The Morgan fingerprint density at radius 2 is 1.81 bits per heavy atom. The summed E-state index contributed by atoms with van der Waals surface area (Å²) in [6, 6.07) is 16.1. The zero-order chi connectivity index (χ0) is 18.5. The number of hydrogen-bond donors (Lipinski definition) is 2. The monoisotopic (exact) mass is 364 g/mol. The van der Waals surface area contributed by atoms with Crippen LogP contribution in [0.25, 0.3) is 0 Å². The maximum absolute atomic E-state index is 5.62. The van der Waals surface area contributed by atoms with Crippen LogP contribution in [0.4, 0.5) is 5.69 Å². The number of piperidine rings is 1. The van der Waals surface area contributed by atoms with Gasteiger partial charge >= 0.3 is 0 Å². The highest BCUT2D eigenvalue weighted by atomic mass is 16.5. The maximum Gasteiger partial charge on any atom is 0.123 e. The molecule has 1 aliphatic heterocycles. The van der Waals surface area contributed by atoms with Crippen LogP contribution in [0.5, 0.6) is 5.75 Å². The lowest BCUT2D eigenvalue weighted by molar-refractivity contribution is 0.410. The Morgan fingerprint density at radius 1 is 0.963 bits per heavy atom. The molecule has 2 aromatic rings. The normalized spacial score (nSPS) is 20.6. The van der Waals surface area contributed by atoms with Crippen LogP contribution in [0.15, 0.2) is 42.5 Å². The molecule has 1 saturated heterocycles. The highest BCUT2D eigenvalue weighted by Crippen LogP contribution is 2.36. The van der Waals surface area contributed by atoms with Gasteiger partial charge in [-0.15, -0.1) is 0 Å². The molecule has 3 nitrogen and oxygen atoms in total. The first kappa shape index (κ1) is 18.4. The zero-order valence-electron chi connectivity index (χ0n) is 16.5. The average molecular weight is 365 g/mol. The van der Waals surface area contributed by atoms with Crippen molar-refractivity contribution in [2.75, 3.05) is 19.0 Å². The van der Waals surface area contributed by atoms with E-state index in [0.29, 0.717) is 6.04 Å². The molecule has 0 bridgehead atoms. The molecule has 1 saturated carbocycles. The lowest BCUT2D eigenvalue weighted by Gasteiger charge is -2.24. The Bertz CT molecular complexity index is 746. The largest absolute Gasteiger partial charge is 0.496 e. The Hall–Kier alpha value is -2.00. The van der Waals surface area contributed by atoms with Crippen molar-refractivity contribution in [3.63, 3.8) is 0 Å². The van der Waals surface area contributed by atoms with Crippen molar-refractivity contribution >= 4 is 5.69 Å². The molecule has 2 fully saturated rings. The Kier molecular flexibility index (Phi) is 5.98. The smallest absolute Gasteiger partial charge is 0.123 e. The Morgan fingerprint density at radius 3 is 2.59 bits per heavy atom. The summed E-state index contributed by atoms with van der Waals surface area (Å²) in [6.07, 6.45) is 9.25. The van der Waals surface area contributed by atoms with Crippen LogP contribution < -0.4 is 15.4 Å². The lowest BCUT2D eigenvalue weighted by Crippen LogP contribution is -2.26. The fourth-order valence-electron chi connectivity index (χ4n) is 4.65. The van der Waals surface area contributed by atoms with Gasteiger partial charge in [0.25, 0.3) is 0 Å². The molecule has 1 unspecified atom stereocenters. The summed E-state index contributed by atoms with van der Waals surface area (Å²) < 4.78 is 5.62. The van der Waals surface area contributed by atoms with Gasteiger partial charge in [-0.05, 0) is 67.5 Å². The van der Waals surface area contributed by atoms with E-state index in [1.54, 1.807) is 7.11 Å². The van der Waals surface area contributed by atoms with Crippen molar-refractivity contribution in [3.05, 3.63) is 59.2 Å². The Labute approximate surface area is 163 Å². The predicted octanol–water partition coefficient (Wildman–Crippen LogP) is 5.78. The van der Waals surface area contributed by atoms with E-state index in [9.17, 15) is 0 Å². The van der Waals surface area contributed by atoms with Crippen molar-refractivity contribution < 1.29 is 4.74 Å². The molecule has 2 aliphatic rings. The first-order valence-corrected chi connectivity index (χ1v) is 10.6. The fourth-order valence-corrected chi connectivity index (χ4v) is 4.65. The van der Waals surface area contributed by atoms with Crippen molar-refractivity contribution in [1.82, 2.24) is 5.32 Å². The summed E-state index contributed by atoms with van der Waals surface area (Å²) in [7, 11) is 1.77. The van der Waals surface area contributed by atoms with E-state index in [-0.39, 0.29) is 0 Å². The first-order valence-electron chi connectivity index (χ1n) is 10.6. The minimum atomic E-state index is 0.501. The molecule has 1 heterocycles. The number of benzene rings is 2. The molecular formula is C24H32N2O. The molecule has 0 aromatic heterocycles. The van der Waals surface area contributed by atoms with Gasteiger partial charge in [-0.1, -0.05) is 43.5 Å². The number of anilines is 1. The van der Waals surface area contributed by atoms with E-state index < -0.39 is 0 Å². The molecule has 3 heteroatoms. The van der Waals surface area contributed by atoms with Crippen LogP contribution in [-0.4, -0.2) is 13.7 Å². The van der Waals surface area contributed by atoms with Crippen LogP contribution in [0.3, 0.4) is 0 Å². The van der Waals surface area contributed by atoms with E-state index in [1.807, 2.05) is 0 Å². The average Bonchev–Trinajstić information content (AvgIpc) is 3.28. The summed E-state index contributed by atoms with van der Waals surface area (Å²) >= 11 is 0. The summed E-state index contributed by atoms with van der Waals surface area (Å²) in [6.45, 7) is 1.93. The molecule has 1 aliphatic carbocycles. The van der Waals surface area contributed by atoms with Gasteiger partial charge in [-0.25, -0.2) is 0 Å². The summed E-state index contributed by atoms with van der Waals surface area (Å²) in [5, 5.41) is 7.27. The van der Waals surface area contributed by atoms with Crippen LogP contribution in [0.2, 0.25) is 0 Å². The van der Waals surface area contributed by atoms with Gasteiger partial charge in [0.2, 0.25) is 0 Å². The van der Waals surface area contributed by atoms with Crippen LogP contribution in [-0.2, 0) is 6.54 Å². The molecule has 27 heavy (non-hydrogen) atoms. The SMILES string of the molecule is COc1ccc(C2CCCC2)cc1CNc1cccc(C2CCCCN2)c1. The molecule has 4 rings (SSSR count). The molecule has 0 radical (unpaired) electrons. The van der Waals surface area contributed by atoms with Gasteiger partial charge in [0.1, 0.15) is 5.75 Å². The molecule has 2 aromatic carbocycles. The molecule has 0 amide bonds. The van der Waals surface area contributed by atoms with E-state index in [1.165, 1.54) is 67.3 Å². The number of rotatable bonds is 6. The third-order valence-corrected chi connectivity index (χ3v) is 6.21. The van der Waals surface area contributed by atoms with E-state index in [2.05, 4.69) is 53.1 Å². The number of hydrogen-bond acceptors (Lipinski definition) is 3. The second-order valence-corrected chi connectivity index (χ2v) is 8.03. The van der Waals surface area contributed by atoms with Gasteiger partial charge < -0.3 is 15.4 Å². The summed E-state index contributed by atoms with van der Waals surface area (Å²) in [5.41, 5.74) is 5.31. The van der Waals surface area contributed by atoms with Crippen LogP contribution >= 0.6 is 0 Å². The van der Waals surface area contributed by atoms with Gasteiger partial charge in [0.05, 0.1) is 7.11 Å². The standard InChI is InChI=1S/C24H32N2O/c1-27-24-13-12-19(18-7-2-3-8-18)15-21(24)17-26-22-10-6-9-20(16-22)23-11-4-5-14-25-23/h6,9-10,12-13,15-16,18,23,25-26H,2-5,7-8,11,14,17H2,1H3. The highest BCUT2D eigenvalue weighted by Gasteiger charge is 2.18. The Balaban J connectivity index is 1.46.